The second-order valence-electron chi connectivity index (χ2n) is 5.81. The molecule has 2 aliphatic heterocycles. The van der Waals surface area contributed by atoms with Crippen molar-refractivity contribution in [2.24, 2.45) is 5.92 Å². The van der Waals surface area contributed by atoms with Gasteiger partial charge in [0.2, 0.25) is 10.0 Å². The number of likely N-dealkylation sites (tertiary alicyclic amines) is 1. The lowest BCUT2D eigenvalue weighted by Crippen LogP contribution is -2.49. The molecule has 0 spiro atoms. The van der Waals surface area contributed by atoms with Crippen molar-refractivity contribution >= 4 is 27.3 Å². The zero-order chi connectivity index (χ0) is 15.7. The first-order valence-electron chi connectivity index (χ1n) is 7.34. The van der Waals surface area contributed by atoms with Crippen molar-refractivity contribution in [3.05, 3.63) is 22.4 Å². The summed E-state index contributed by atoms with van der Waals surface area (Å²) < 4.78 is 30.8. The third-order valence-corrected chi connectivity index (χ3v) is 6.42. The van der Waals surface area contributed by atoms with Crippen LogP contribution in [0.2, 0.25) is 0 Å². The molecule has 2 saturated heterocycles. The van der Waals surface area contributed by atoms with Crippen molar-refractivity contribution in [1.29, 1.82) is 0 Å². The van der Waals surface area contributed by atoms with E-state index in [0.717, 1.165) is 11.3 Å². The molecule has 6 nitrogen and oxygen atoms in total. The monoisotopic (exact) mass is 344 g/mol. The summed E-state index contributed by atoms with van der Waals surface area (Å²) in [5.41, 5.74) is 0. The molecule has 0 aliphatic carbocycles. The van der Waals surface area contributed by atoms with Crippen LogP contribution < -0.4 is 0 Å². The third-order valence-electron chi connectivity index (χ3n) is 4.29. The highest BCUT2D eigenvalue weighted by Gasteiger charge is 2.37. The molecule has 2 aliphatic rings. The number of hydrogen-bond donors (Lipinski definition) is 0. The van der Waals surface area contributed by atoms with Crippen LogP contribution in [0.4, 0.5) is 0 Å². The summed E-state index contributed by atoms with van der Waals surface area (Å²) >= 11 is 1.44. The highest BCUT2D eigenvalue weighted by molar-refractivity contribution is 7.88. The molecular weight excluding hydrogens is 324 g/mol. The Morgan fingerprint density at radius 1 is 1.36 bits per heavy atom. The number of piperidine rings is 1. The van der Waals surface area contributed by atoms with Gasteiger partial charge in [0.1, 0.15) is 0 Å². The van der Waals surface area contributed by atoms with Crippen molar-refractivity contribution in [2.75, 3.05) is 39.0 Å². The Balaban J connectivity index is 1.68. The molecule has 3 heterocycles. The fraction of sp³-hybridized carbons (Fsp3) is 0.643. The van der Waals surface area contributed by atoms with Crippen LogP contribution in [0, 0.1) is 5.92 Å². The standard InChI is InChI=1S/C14H20N2O4S2/c1-22(18,19)16-6-7-20-12-10-15(5-4-11(12)9-16)14(17)13-3-2-8-21-13/h2-3,8,11-12H,4-7,9-10H2,1H3/t11-,12-/m0/s1. The first-order valence-corrected chi connectivity index (χ1v) is 10.1. The van der Waals surface area contributed by atoms with Gasteiger partial charge in [0.25, 0.3) is 5.91 Å². The summed E-state index contributed by atoms with van der Waals surface area (Å²) in [4.78, 5) is 15.0. The molecular formula is C14H20N2O4S2. The van der Waals surface area contributed by atoms with Gasteiger partial charge in [-0.25, -0.2) is 8.42 Å². The lowest BCUT2D eigenvalue weighted by molar-refractivity contribution is -0.0168. The Bertz CT molecular complexity index is 629. The van der Waals surface area contributed by atoms with Gasteiger partial charge < -0.3 is 9.64 Å². The van der Waals surface area contributed by atoms with E-state index in [-0.39, 0.29) is 17.9 Å². The van der Waals surface area contributed by atoms with Crippen molar-refractivity contribution in [2.45, 2.75) is 12.5 Å². The molecule has 3 rings (SSSR count). The zero-order valence-corrected chi connectivity index (χ0v) is 14.1. The summed E-state index contributed by atoms with van der Waals surface area (Å²) in [6, 6.07) is 3.70. The molecule has 2 fully saturated rings. The molecule has 0 aromatic carbocycles. The Labute approximate surface area is 134 Å². The first kappa shape index (κ1) is 15.9. The summed E-state index contributed by atoms with van der Waals surface area (Å²) in [6.45, 7) is 2.46. The van der Waals surface area contributed by atoms with Gasteiger partial charge in [-0.2, -0.15) is 4.31 Å². The normalized spacial score (nSPS) is 27.2. The van der Waals surface area contributed by atoms with Crippen molar-refractivity contribution in [1.82, 2.24) is 9.21 Å². The maximum atomic E-state index is 12.4. The lowest BCUT2D eigenvalue weighted by atomic mass is 9.93. The fourth-order valence-corrected chi connectivity index (χ4v) is 4.62. The number of amides is 1. The molecule has 0 saturated carbocycles. The van der Waals surface area contributed by atoms with Crippen LogP contribution in [0.15, 0.2) is 17.5 Å². The van der Waals surface area contributed by atoms with Crippen LogP contribution >= 0.6 is 11.3 Å². The van der Waals surface area contributed by atoms with Gasteiger partial charge in [-0.1, -0.05) is 6.07 Å². The number of carbonyl (C=O) groups excluding carboxylic acids is 1. The average molecular weight is 344 g/mol. The molecule has 0 unspecified atom stereocenters. The SMILES string of the molecule is CS(=O)(=O)N1CCO[C@H]2CN(C(=O)c3cccs3)CC[C@H]2C1. The predicted octanol–water partition coefficient (Wildman–Crippen LogP) is 0.871. The second kappa shape index (κ2) is 6.27. The third kappa shape index (κ3) is 3.34. The number of rotatable bonds is 2. The molecule has 0 radical (unpaired) electrons. The van der Waals surface area contributed by atoms with Gasteiger partial charge in [-0.3, -0.25) is 4.79 Å². The number of ether oxygens (including phenoxy) is 1. The molecule has 0 bridgehead atoms. The number of carbonyl (C=O) groups is 1. The van der Waals surface area contributed by atoms with E-state index in [9.17, 15) is 13.2 Å². The Hall–Kier alpha value is -0.960. The van der Waals surface area contributed by atoms with Gasteiger partial charge in [0, 0.05) is 32.1 Å². The molecule has 1 amide bonds. The zero-order valence-electron chi connectivity index (χ0n) is 12.5. The van der Waals surface area contributed by atoms with Gasteiger partial charge in [-0.05, 0) is 17.9 Å². The van der Waals surface area contributed by atoms with Crippen molar-refractivity contribution < 1.29 is 17.9 Å². The van der Waals surface area contributed by atoms with Crippen LogP contribution in [0.1, 0.15) is 16.1 Å². The highest BCUT2D eigenvalue weighted by Crippen LogP contribution is 2.26. The number of nitrogens with zero attached hydrogens (tertiary/aromatic N) is 2. The van der Waals surface area contributed by atoms with Crippen molar-refractivity contribution in [3.63, 3.8) is 0 Å². The Kier molecular flexibility index (Phi) is 4.54. The van der Waals surface area contributed by atoms with Gasteiger partial charge in [0.05, 0.1) is 23.8 Å². The van der Waals surface area contributed by atoms with Crippen LogP contribution in [-0.2, 0) is 14.8 Å². The first-order chi connectivity index (χ1) is 10.4. The molecule has 1 aromatic heterocycles. The number of hydrogen-bond acceptors (Lipinski definition) is 5. The molecule has 1 aromatic rings. The van der Waals surface area contributed by atoms with E-state index in [1.54, 1.807) is 0 Å². The number of fused-ring (bicyclic) bond motifs is 1. The van der Waals surface area contributed by atoms with Crippen molar-refractivity contribution in [3.8, 4) is 0 Å². The number of sulfonamides is 1. The van der Waals surface area contributed by atoms with E-state index >= 15 is 0 Å². The Morgan fingerprint density at radius 3 is 2.86 bits per heavy atom. The van der Waals surface area contributed by atoms with E-state index in [1.807, 2.05) is 22.4 Å². The van der Waals surface area contributed by atoms with E-state index in [2.05, 4.69) is 0 Å². The minimum Gasteiger partial charge on any atom is -0.375 e. The predicted molar refractivity (Wildman–Crippen MR) is 84.5 cm³/mol. The molecule has 8 heteroatoms. The summed E-state index contributed by atoms with van der Waals surface area (Å²) in [5.74, 6) is 0.200. The maximum absolute atomic E-state index is 12.4. The maximum Gasteiger partial charge on any atom is 0.264 e. The minimum atomic E-state index is -3.19. The highest BCUT2D eigenvalue weighted by atomic mass is 32.2. The largest absolute Gasteiger partial charge is 0.375 e. The molecule has 0 N–H and O–H groups in total. The quantitative estimate of drug-likeness (QED) is 0.798. The van der Waals surface area contributed by atoms with Gasteiger partial charge >= 0.3 is 0 Å². The molecule has 22 heavy (non-hydrogen) atoms. The fourth-order valence-electron chi connectivity index (χ4n) is 3.06. The van der Waals surface area contributed by atoms with Gasteiger partial charge in [0.15, 0.2) is 0 Å². The smallest absolute Gasteiger partial charge is 0.264 e. The van der Waals surface area contributed by atoms with E-state index in [1.165, 1.54) is 21.9 Å². The van der Waals surface area contributed by atoms with Crippen LogP contribution in [0.5, 0.6) is 0 Å². The molecule has 2 atom stereocenters. The van der Waals surface area contributed by atoms with Crippen LogP contribution in [0.3, 0.4) is 0 Å². The van der Waals surface area contributed by atoms with E-state index in [4.69, 9.17) is 4.74 Å². The van der Waals surface area contributed by atoms with Gasteiger partial charge in [-0.15, -0.1) is 11.3 Å². The van der Waals surface area contributed by atoms with Crippen LogP contribution in [0.25, 0.3) is 0 Å². The summed E-state index contributed by atoms with van der Waals surface area (Å²) in [6.07, 6.45) is 1.93. The summed E-state index contributed by atoms with van der Waals surface area (Å²) in [5, 5.41) is 1.89. The second-order valence-corrected chi connectivity index (χ2v) is 8.74. The average Bonchev–Trinajstić information content (AvgIpc) is 2.91. The molecule has 122 valence electrons. The van der Waals surface area contributed by atoms with Crippen LogP contribution in [-0.4, -0.2) is 68.7 Å². The lowest BCUT2D eigenvalue weighted by Gasteiger charge is -2.37. The topological polar surface area (TPSA) is 66.9 Å². The number of thiophene rings is 1. The summed E-state index contributed by atoms with van der Waals surface area (Å²) in [7, 11) is -3.19. The Morgan fingerprint density at radius 2 is 2.18 bits per heavy atom. The minimum absolute atomic E-state index is 0.0428. The van der Waals surface area contributed by atoms with E-state index < -0.39 is 10.0 Å². The van der Waals surface area contributed by atoms with E-state index in [0.29, 0.717) is 32.8 Å².